The van der Waals surface area contributed by atoms with Crippen molar-refractivity contribution in [2.75, 3.05) is 14.2 Å². The minimum Gasteiger partial charge on any atom is -0.493 e. The van der Waals surface area contributed by atoms with Gasteiger partial charge in [0.15, 0.2) is 17.3 Å². The van der Waals surface area contributed by atoms with Gasteiger partial charge in [0.2, 0.25) is 5.75 Å². The van der Waals surface area contributed by atoms with Gasteiger partial charge in [0, 0.05) is 35.5 Å². The second kappa shape index (κ2) is 10.3. The highest BCUT2D eigenvalue weighted by atomic mass is 35.5. The molecular formula is C26H22Cl2N2O4. The van der Waals surface area contributed by atoms with Gasteiger partial charge in [0.05, 0.1) is 35.3 Å². The Hall–Kier alpha value is -3.35. The zero-order valence-electron chi connectivity index (χ0n) is 18.9. The molecule has 2 aromatic carbocycles. The maximum atomic E-state index is 13.3. The molecule has 0 unspecified atom stereocenters. The number of benzene rings is 2. The Morgan fingerprint density at radius 1 is 0.941 bits per heavy atom. The smallest absolute Gasteiger partial charge is 0.204 e. The van der Waals surface area contributed by atoms with Crippen molar-refractivity contribution in [1.82, 2.24) is 9.97 Å². The Kier molecular flexibility index (Phi) is 7.20. The number of ether oxygens (including phenoxy) is 3. The average molecular weight is 497 g/mol. The fourth-order valence-corrected chi connectivity index (χ4v) is 4.14. The van der Waals surface area contributed by atoms with Gasteiger partial charge in [-0.15, -0.1) is 0 Å². The van der Waals surface area contributed by atoms with Crippen LogP contribution in [0.5, 0.6) is 17.2 Å². The number of fused-ring (bicyclic) bond motifs is 1. The highest BCUT2D eigenvalue weighted by Crippen LogP contribution is 2.41. The second-order valence-electron chi connectivity index (χ2n) is 7.63. The van der Waals surface area contributed by atoms with Gasteiger partial charge in [0.1, 0.15) is 6.61 Å². The van der Waals surface area contributed by atoms with E-state index in [1.807, 2.05) is 37.3 Å². The van der Waals surface area contributed by atoms with Crippen LogP contribution in [0.15, 0.2) is 54.9 Å². The van der Waals surface area contributed by atoms with Crippen molar-refractivity contribution in [2.24, 2.45) is 0 Å². The Bertz CT molecular complexity index is 1350. The number of pyridine rings is 2. The van der Waals surface area contributed by atoms with Crippen LogP contribution in [0.1, 0.15) is 27.2 Å². The lowest BCUT2D eigenvalue weighted by atomic mass is 10.0. The zero-order chi connectivity index (χ0) is 24.2. The van der Waals surface area contributed by atoms with Crippen LogP contribution < -0.4 is 14.2 Å². The highest BCUT2D eigenvalue weighted by Gasteiger charge is 2.23. The fourth-order valence-electron chi connectivity index (χ4n) is 3.65. The quantitative estimate of drug-likeness (QED) is 0.268. The zero-order valence-corrected chi connectivity index (χ0v) is 20.4. The van der Waals surface area contributed by atoms with E-state index >= 15 is 0 Å². The van der Waals surface area contributed by atoms with Crippen LogP contribution in [0.3, 0.4) is 0 Å². The van der Waals surface area contributed by atoms with Gasteiger partial charge in [-0.05, 0) is 42.8 Å². The van der Waals surface area contributed by atoms with E-state index in [9.17, 15) is 4.79 Å². The summed E-state index contributed by atoms with van der Waals surface area (Å²) in [5.74, 6) is 0.838. The van der Waals surface area contributed by atoms with E-state index in [4.69, 9.17) is 37.4 Å². The molecular weight excluding hydrogens is 475 g/mol. The van der Waals surface area contributed by atoms with Crippen LogP contribution in [-0.2, 0) is 13.0 Å². The molecule has 2 aromatic heterocycles. The first-order valence-corrected chi connectivity index (χ1v) is 11.2. The third kappa shape index (κ3) is 4.93. The summed E-state index contributed by atoms with van der Waals surface area (Å²) in [4.78, 5) is 21.8. The summed E-state index contributed by atoms with van der Waals surface area (Å²) in [7, 11) is 3.03. The molecule has 0 spiro atoms. The van der Waals surface area contributed by atoms with Crippen molar-refractivity contribution in [3.8, 4) is 17.2 Å². The van der Waals surface area contributed by atoms with Crippen LogP contribution in [0.25, 0.3) is 10.9 Å². The molecule has 0 atom stereocenters. The average Bonchev–Trinajstić information content (AvgIpc) is 2.84. The topological polar surface area (TPSA) is 70.5 Å². The van der Waals surface area contributed by atoms with Crippen molar-refractivity contribution >= 4 is 39.9 Å². The van der Waals surface area contributed by atoms with Gasteiger partial charge in [-0.2, -0.15) is 0 Å². The van der Waals surface area contributed by atoms with Crippen molar-refractivity contribution in [1.29, 1.82) is 0 Å². The molecule has 4 rings (SSSR count). The van der Waals surface area contributed by atoms with E-state index in [2.05, 4.69) is 9.97 Å². The molecule has 2 heterocycles. The first kappa shape index (κ1) is 23.8. The van der Waals surface area contributed by atoms with Crippen molar-refractivity contribution in [3.63, 3.8) is 0 Å². The normalized spacial score (nSPS) is 10.9. The Balaban J connectivity index is 1.67. The number of hydrogen-bond acceptors (Lipinski definition) is 6. The van der Waals surface area contributed by atoms with Crippen LogP contribution in [0, 0.1) is 6.92 Å². The van der Waals surface area contributed by atoms with E-state index in [1.54, 1.807) is 12.1 Å². The molecule has 8 heteroatoms. The molecule has 34 heavy (non-hydrogen) atoms. The minimum absolute atomic E-state index is 0.0208. The number of carbonyl (C=O) groups is 1. The SMILES string of the molecule is COc1ccc(C(=O)Cc2c(Cl)cncc2Cl)c(OCc2ccc3nc(C)ccc3c2)c1OC. The molecule has 0 N–H and O–H groups in total. The number of aryl methyl sites for hydroxylation is 1. The molecule has 0 bridgehead atoms. The van der Waals surface area contributed by atoms with Crippen LogP contribution in [0.2, 0.25) is 10.0 Å². The molecule has 0 fully saturated rings. The maximum absolute atomic E-state index is 13.3. The summed E-state index contributed by atoms with van der Waals surface area (Å²) in [5.41, 5.74) is 3.61. The van der Waals surface area contributed by atoms with Crippen LogP contribution in [0.4, 0.5) is 0 Å². The lowest BCUT2D eigenvalue weighted by Gasteiger charge is -2.17. The summed E-state index contributed by atoms with van der Waals surface area (Å²) >= 11 is 12.5. The summed E-state index contributed by atoms with van der Waals surface area (Å²) in [6.45, 7) is 2.17. The van der Waals surface area contributed by atoms with E-state index in [0.29, 0.717) is 32.7 Å². The monoisotopic (exact) mass is 496 g/mol. The largest absolute Gasteiger partial charge is 0.493 e. The Labute approximate surface area is 207 Å². The first-order valence-electron chi connectivity index (χ1n) is 10.5. The first-order chi connectivity index (χ1) is 16.4. The molecule has 0 amide bonds. The number of Topliss-reactive ketones (excluding diaryl/α,β-unsaturated/α-hetero) is 1. The number of ketones is 1. The molecule has 0 saturated heterocycles. The molecule has 0 aliphatic rings. The number of nitrogens with zero attached hydrogens (tertiary/aromatic N) is 2. The third-order valence-corrected chi connectivity index (χ3v) is 6.02. The molecule has 0 radical (unpaired) electrons. The number of hydrogen-bond donors (Lipinski definition) is 0. The second-order valence-corrected chi connectivity index (χ2v) is 8.44. The third-order valence-electron chi connectivity index (χ3n) is 5.37. The van der Waals surface area contributed by atoms with Gasteiger partial charge in [0.25, 0.3) is 0 Å². The van der Waals surface area contributed by atoms with Crippen LogP contribution in [-0.4, -0.2) is 30.0 Å². The standard InChI is InChI=1S/C26H22Cl2N2O4/c1-15-4-6-17-10-16(5-8-22(17)30-15)14-34-25-18(7-9-24(32-2)26(25)33-3)23(31)11-19-20(27)12-29-13-21(19)28/h4-10,12-13H,11,14H2,1-3H3. The Morgan fingerprint density at radius 2 is 1.71 bits per heavy atom. The summed E-state index contributed by atoms with van der Waals surface area (Å²) in [6.07, 6.45) is 2.89. The molecule has 6 nitrogen and oxygen atoms in total. The summed E-state index contributed by atoms with van der Waals surface area (Å²) < 4.78 is 17.1. The molecule has 4 aromatic rings. The maximum Gasteiger partial charge on any atom is 0.204 e. The highest BCUT2D eigenvalue weighted by molar-refractivity contribution is 6.36. The number of carbonyl (C=O) groups excluding carboxylic acids is 1. The number of halogens is 2. The van der Waals surface area contributed by atoms with E-state index in [0.717, 1.165) is 22.2 Å². The fraction of sp³-hybridized carbons (Fsp3) is 0.192. The van der Waals surface area contributed by atoms with Gasteiger partial charge >= 0.3 is 0 Å². The van der Waals surface area contributed by atoms with E-state index < -0.39 is 0 Å². The van der Waals surface area contributed by atoms with Crippen molar-refractivity contribution in [3.05, 3.63) is 87.3 Å². The van der Waals surface area contributed by atoms with Gasteiger partial charge in [-0.25, -0.2) is 0 Å². The van der Waals surface area contributed by atoms with Gasteiger partial charge in [-0.1, -0.05) is 35.3 Å². The molecule has 174 valence electrons. The van der Waals surface area contributed by atoms with Crippen molar-refractivity contribution in [2.45, 2.75) is 20.0 Å². The predicted molar refractivity (Wildman–Crippen MR) is 133 cm³/mol. The molecule has 0 aliphatic heterocycles. The number of aromatic nitrogens is 2. The lowest BCUT2D eigenvalue weighted by molar-refractivity contribution is 0.0987. The van der Waals surface area contributed by atoms with E-state index in [1.165, 1.54) is 26.6 Å². The number of rotatable bonds is 8. The molecule has 0 saturated carbocycles. The predicted octanol–water partition coefficient (Wildman–Crippen LogP) is 6.27. The van der Waals surface area contributed by atoms with Gasteiger partial charge in [-0.3, -0.25) is 14.8 Å². The minimum atomic E-state index is -0.232. The lowest BCUT2D eigenvalue weighted by Crippen LogP contribution is -2.10. The van der Waals surface area contributed by atoms with Crippen molar-refractivity contribution < 1.29 is 19.0 Å². The summed E-state index contributed by atoms with van der Waals surface area (Å²) in [6, 6.07) is 13.2. The molecule has 0 aliphatic carbocycles. The summed E-state index contributed by atoms with van der Waals surface area (Å²) in [5, 5.41) is 1.65. The Morgan fingerprint density at radius 3 is 2.41 bits per heavy atom. The number of methoxy groups -OCH3 is 2. The van der Waals surface area contributed by atoms with Gasteiger partial charge < -0.3 is 14.2 Å². The van der Waals surface area contributed by atoms with E-state index in [-0.39, 0.29) is 24.6 Å². The van der Waals surface area contributed by atoms with Crippen LogP contribution >= 0.6 is 23.2 Å².